The zero-order valence-corrected chi connectivity index (χ0v) is 13.8. The highest BCUT2D eigenvalue weighted by Gasteiger charge is 2.43. The van der Waals surface area contributed by atoms with E-state index < -0.39 is 11.9 Å². The van der Waals surface area contributed by atoms with Crippen LogP contribution in [0.2, 0.25) is 0 Å². The molecule has 1 saturated carbocycles. The average molecular weight is 303 g/mol. The van der Waals surface area contributed by atoms with Crippen LogP contribution < -0.4 is 0 Å². The van der Waals surface area contributed by atoms with Gasteiger partial charge in [-0.3, -0.25) is 9.59 Å². The highest BCUT2D eigenvalue weighted by atomic mass is 16.4. The van der Waals surface area contributed by atoms with Crippen LogP contribution in [-0.4, -0.2) is 35.5 Å². The van der Waals surface area contributed by atoms with Gasteiger partial charge in [0.1, 0.15) is 0 Å². The second-order valence-electron chi connectivity index (χ2n) is 7.07. The van der Waals surface area contributed by atoms with Crippen molar-refractivity contribution in [3.8, 4) is 0 Å². The maximum atomic E-state index is 12.5. The van der Waals surface area contributed by atoms with Gasteiger partial charge in [0.2, 0.25) is 5.91 Å². The van der Waals surface area contributed by atoms with Crippen molar-refractivity contribution in [2.45, 2.75) is 39.0 Å². The Labute approximate surface area is 132 Å². The fourth-order valence-corrected chi connectivity index (χ4v) is 3.14. The first-order valence-corrected chi connectivity index (χ1v) is 7.77. The molecule has 1 aliphatic carbocycles. The van der Waals surface area contributed by atoms with E-state index >= 15 is 0 Å². The normalized spacial score (nSPS) is 21.1. The third kappa shape index (κ3) is 3.32. The fourth-order valence-electron chi connectivity index (χ4n) is 3.14. The molecule has 0 heterocycles. The van der Waals surface area contributed by atoms with Crippen molar-refractivity contribution in [1.82, 2.24) is 4.90 Å². The number of carboxylic acids is 1. The quantitative estimate of drug-likeness (QED) is 0.910. The molecule has 1 aliphatic rings. The molecule has 22 heavy (non-hydrogen) atoms. The molecule has 2 rings (SSSR count). The molecular formula is C18H25NO3. The smallest absolute Gasteiger partial charge is 0.307 e. The molecule has 1 fully saturated rings. The van der Waals surface area contributed by atoms with Gasteiger partial charge in [0.05, 0.1) is 11.8 Å². The van der Waals surface area contributed by atoms with E-state index in [4.69, 9.17) is 5.11 Å². The summed E-state index contributed by atoms with van der Waals surface area (Å²) in [5, 5.41) is 9.10. The van der Waals surface area contributed by atoms with Crippen LogP contribution in [0.5, 0.6) is 0 Å². The number of benzene rings is 1. The number of carbonyl (C=O) groups is 2. The molecular weight excluding hydrogens is 278 g/mol. The predicted octanol–water partition coefficient (Wildman–Crippen LogP) is 2.84. The topological polar surface area (TPSA) is 57.6 Å². The lowest BCUT2D eigenvalue weighted by atomic mass is 9.72. The van der Waals surface area contributed by atoms with Crippen LogP contribution in [0.1, 0.15) is 37.8 Å². The third-order valence-electron chi connectivity index (χ3n) is 4.75. The number of hydrogen-bond acceptors (Lipinski definition) is 2. The van der Waals surface area contributed by atoms with Crippen molar-refractivity contribution in [1.29, 1.82) is 0 Å². The molecule has 2 unspecified atom stereocenters. The average Bonchev–Trinajstić information content (AvgIpc) is 2.36. The standard InChI is InChI=1S/C18H25NO3/c1-12-5-7-13(8-6-12)18(2,3)11-19(4)16(20)14-9-10-15(14)17(21)22/h5-8,14-15H,9-11H2,1-4H3,(H,21,22). The molecule has 4 heteroatoms. The molecule has 0 saturated heterocycles. The lowest BCUT2D eigenvalue weighted by molar-refractivity contribution is -0.156. The molecule has 2 atom stereocenters. The van der Waals surface area contributed by atoms with Gasteiger partial charge in [-0.05, 0) is 25.3 Å². The first-order chi connectivity index (χ1) is 10.2. The molecule has 0 aromatic heterocycles. The highest BCUT2D eigenvalue weighted by Crippen LogP contribution is 2.36. The summed E-state index contributed by atoms with van der Waals surface area (Å²) in [5.74, 6) is -1.75. The summed E-state index contributed by atoms with van der Waals surface area (Å²) in [7, 11) is 1.77. The lowest BCUT2D eigenvalue weighted by Crippen LogP contribution is -2.47. The minimum absolute atomic E-state index is 0.0427. The van der Waals surface area contributed by atoms with Crippen molar-refractivity contribution >= 4 is 11.9 Å². The molecule has 1 amide bonds. The minimum atomic E-state index is -0.851. The van der Waals surface area contributed by atoms with Gasteiger partial charge >= 0.3 is 5.97 Å². The van der Waals surface area contributed by atoms with E-state index in [0.717, 1.165) is 0 Å². The van der Waals surface area contributed by atoms with Crippen molar-refractivity contribution < 1.29 is 14.7 Å². The molecule has 0 spiro atoms. The van der Waals surface area contributed by atoms with Crippen molar-refractivity contribution in [2.75, 3.05) is 13.6 Å². The molecule has 1 N–H and O–H groups in total. The number of hydrogen-bond donors (Lipinski definition) is 1. The third-order valence-corrected chi connectivity index (χ3v) is 4.75. The maximum Gasteiger partial charge on any atom is 0.307 e. The van der Waals surface area contributed by atoms with Crippen LogP contribution in [0, 0.1) is 18.8 Å². The van der Waals surface area contributed by atoms with E-state index in [-0.39, 0.29) is 17.2 Å². The largest absolute Gasteiger partial charge is 0.481 e. The number of aliphatic carboxylic acids is 1. The Balaban J connectivity index is 2.04. The van der Waals surface area contributed by atoms with Crippen LogP contribution in [0.25, 0.3) is 0 Å². The first-order valence-electron chi connectivity index (χ1n) is 7.77. The van der Waals surface area contributed by atoms with Gasteiger partial charge in [-0.2, -0.15) is 0 Å². The number of carbonyl (C=O) groups excluding carboxylic acids is 1. The SMILES string of the molecule is Cc1ccc(C(C)(C)CN(C)C(=O)C2CCC2C(=O)O)cc1. The molecule has 4 nitrogen and oxygen atoms in total. The zero-order chi connectivity index (χ0) is 16.5. The van der Waals surface area contributed by atoms with Crippen LogP contribution in [0.4, 0.5) is 0 Å². The first kappa shape index (κ1) is 16.5. The summed E-state index contributed by atoms with van der Waals surface area (Å²) in [6.45, 7) is 6.85. The molecule has 1 aromatic carbocycles. The van der Waals surface area contributed by atoms with Gasteiger partial charge in [-0.15, -0.1) is 0 Å². The van der Waals surface area contributed by atoms with Gasteiger partial charge in [0.25, 0.3) is 0 Å². The van der Waals surface area contributed by atoms with Crippen LogP contribution in [0.3, 0.4) is 0 Å². The molecule has 0 aliphatic heterocycles. The molecule has 0 bridgehead atoms. The number of aryl methyl sites for hydroxylation is 1. The summed E-state index contributed by atoms with van der Waals surface area (Å²) in [4.78, 5) is 25.2. The van der Waals surface area contributed by atoms with E-state index in [9.17, 15) is 9.59 Å². The number of carboxylic acid groups (broad SMARTS) is 1. The monoisotopic (exact) mass is 303 g/mol. The predicted molar refractivity (Wildman–Crippen MR) is 85.7 cm³/mol. The van der Waals surface area contributed by atoms with Gasteiger partial charge in [0.15, 0.2) is 0 Å². The maximum absolute atomic E-state index is 12.5. The van der Waals surface area contributed by atoms with Crippen molar-refractivity contribution in [2.24, 2.45) is 11.8 Å². The molecule has 0 radical (unpaired) electrons. The number of amides is 1. The van der Waals surface area contributed by atoms with Crippen LogP contribution >= 0.6 is 0 Å². The summed E-state index contributed by atoms with van der Waals surface area (Å²) in [6.07, 6.45) is 1.30. The van der Waals surface area contributed by atoms with E-state index in [1.165, 1.54) is 11.1 Å². The van der Waals surface area contributed by atoms with Gasteiger partial charge < -0.3 is 10.0 Å². The van der Waals surface area contributed by atoms with Gasteiger partial charge in [-0.1, -0.05) is 43.7 Å². The fraction of sp³-hybridized carbons (Fsp3) is 0.556. The Morgan fingerprint density at radius 3 is 2.18 bits per heavy atom. The highest BCUT2D eigenvalue weighted by molar-refractivity contribution is 5.86. The Hall–Kier alpha value is -1.84. The summed E-state index contributed by atoms with van der Waals surface area (Å²) >= 11 is 0. The summed E-state index contributed by atoms with van der Waals surface area (Å²) in [5.41, 5.74) is 2.23. The minimum Gasteiger partial charge on any atom is -0.481 e. The van der Waals surface area contributed by atoms with Gasteiger partial charge in [-0.25, -0.2) is 0 Å². The second-order valence-corrected chi connectivity index (χ2v) is 7.07. The van der Waals surface area contributed by atoms with Crippen molar-refractivity contribution in [3.63, 3.8) is 0 Å². The lowest BCUT2D eigenvalue weighted by Gasteiger charge is -2.38. The number of nitrogens with zero attached hydrogens (tertiary/aromatic N) is 1. The second kappa shape index (κ2) is 6.11. The zero-order valence-electron chi connectivity index (χ0n) is 13.8. The Morgan fingerprint density at radius 1 is 1.18 bits per heavy atom. The molecule has 120 valence electrons. The number of likely N-dealkylation sites (N-methyl/N-ethyl adjacent to an activating group) is 1. The summed E-state index contributed by atoms with van der Waals surface area (Å²) in [6, 6.07) is 8.34. The number of rotatable bonds is 5. The van der Waals surface area contributed by atoms with Crippen molar-refractivity contribution in [3.05, 3.63) is 35.4 Å². The van der Waals surface area contributed by atoms with E-state index in [1.807, 2.05) is 0 Å². The summed E-state index contributed by atoms with van der Waals surface area (Å²) < 4.78 is 0. The van der Waals surface area contributed by atoms with Gasteiger partial charge in [0, 0.05) is 19.0 Å². The van der Waals surface area contributed by atoms with E-state index in [1.54, 1.807) is 11.9 Å². The Kier molecular flexibility index (Phi) is 4.59. The Morgan fingerprint density at radius 2 is 1.73 bits per heavy atom. The van der Waals surface area contributed by atoms with Crippen LogP contribution in [-0.2, 0) is 15.0 Å². The van der Waals surface area contributed by atoms with E-state index in [0.29, 0.717) is 19.4 Å². The molecule has 1 aromatic rings. The van der Waals surface area contributed by atoms with Crippen LogP contribution in [0.15, 0.2) is 24.3 Å². The Bertz CT molecular complexity index is 562. The van der Waals surface area contributed by atoms with E-state index in [2.05, 4.69) is 45.0 Å².